The SMILES string of the molecule is CN1CCN(Cn2ncc(Cl)c(Cl)c2=O)[C@@H](c2ccccc2)C1. The number of nitrogens with zero attached hydrogens (tertiary/aromatic N) is 4. The van der Waals surface area contributed by atoms with E-state index in [1.807, 2.05) is 18.2 Å². The second kappa shape index (κ2) is 7.01. The molecule has 1 atom stereocenters. The zero-order chi connectivity index (χ0) is 16.4. The van der Waals surface area contributed by atoms with Gasteiger partial charge in [0, 0.05) is 25.7 Å². The summed E-state index contributed by atoms with van der Waals surface area (Å²) in [5, 5.41) is 4.32. The molecular weight excluding hydrogens is 335 g/mol. The maximum atomic E-state index is 12.2. The first-order valence-electron chi connectivity index (χ1n) is 7.45. The van der Waals surface area contributed by atoms with Crippen LogP contribution in [0.3, 0.4) is 0 Å². The number of aromatic nitrogens is 2. The van der Waals surface area contributed by atoms with E-state index in [1.165, 1.54) is 16.4 Å². The number of halogens is 2. The smallest absolute Gasteiger partial charge is 0.288 e. The number of hydrogen-bond donors (Lipinski definition) is 0. The van der Waals surface area contributed by atoms with Gasteiger partial charge in [-0.3, -0.25) is 9.69 Å². The minimum absolute atomic E-state index is 0.0204. The van der Waals surface area contributed by atoms with Gasteiger partial charge < -0.3 is 4.90 Å². The molecule has 23 heavy (non-hydrogen) atoms. The molecule has 1 aliphatic heterocycles. The van der Waals surface area contributed by atoms with E-state index in [9.17, 15) is 4.79 Å². The fourth-order valence-corrected chi connectivity index (χ4v) is 3.11. The van der Waals surface area contributed by atoms with Gasteiger partial charge in [-0.1, -0.05) is 53.5 Å². The summed E-state index contributed by atoms with van der Waals surface area (Å²) >= 11 is 11.8. The molecule has 1 fully saturated rings. The average molecular weight is 353 g/mol. The number of rotatable bonds is 3. The van der Waals surface area contributed by atoms with Crippen molar-refractivity contribution in [1.29, 1.82) is 0 Å². The molecule has 0 aliphatic carbocycles. The third-order valence-electron chi connectivity index (χ3n) is 4.14. The molecule has 0 unspecified atom stereocenters. The van der Waals surface area contributed by atoms with Crippen molar-refractivity contribution in [3.05, 3.63) is 62.5 Å². The quantitative estimate of drug-likeness (QED) is 0.850. The highest BCUT2D eigenvalue weighted by Gasteiger charge is 2.27. The number of benzene rings is 1. The molecule has 5 nitrogen and oxygen atoms in total. The summed E-state index contributed by atoms with van der Waals surface area (Å²) in [6.45, 7) is 3.09. The molecule has 1 saturated heterocycles. The van der Waals surface area contributed by atoms with Crippen LogP contribution in [0, 0.1) is 0 Å². The van der Waals surface area contributed by atoms with Gasteiger partial charge in [-0.25, -0.2) is 4.68 Å². The zero-order valence-electron chi connectivity index (χ0n) is 12.8. The molecule has 1 aromatic heterocycles. The van der Waals surface area contributed by atoms with Crippen LogP contribution in [0.5, 0.6) is 0 Å². The molecule has 7 heteroatoms. The lowest BCUT2D eigenvalue weighted by Crippen LogP contribution is -2.48. The van der Waals surface area contributed by atoms with Gasteiger partial charge in [-0.05, 0) is 12.6 Å². The highest BCUT2D eigenvalue weighted by Crippen LogP contribution is 2.25. The third-order valence-corrected chi connectivity index (χ3v) is 4.89. The van der Waals surface area contributed by atoms with Crippen molar-refractivity contribution in [1.82, 2.24) is 19.6 Å². The van der Waals surface area contributed by atoms with Crippen LogP contribution in [0.15, 0.2) is 41.3 Å². The van der Waals surface area contributed by atoms with Crippen molar-refractivity contribution < 1.29 is 0 Å². The molecule has 0 amide bonds. The minimum Gasteiger partial charge on any atom is -0.303 e. The van der Waals surface area contributed by atoms with E-state index in [0.29, 0.717) is 6.67 Å². The van der Waals surface area contributed by atoms with Crippen LogP contribution in [0.1, 0.15) is 11.6 Å². The van der Waals surface area contributed by atoms with Crippen molar-refractivity contribution in [2.75, 3.05) is 26.7 Å². The number of piperazine rings is 1. The van der Waals surface area contributed by atoms with Crippen molar-refractivity contribution >= 4 is 23.2 Å². The summed E-state index contributed by atoms with van der Waals surface area (Å²) in [5.74, 6) is 0. The Hall–Kier alpha value is -1.40. The van der Waals surface area contributed by atoms with Gasteiger partial charge in [0.1, 0.15) is 5.02 Å². The predicted molar refractivity (Wildman–Crippen MR) is 91.9 cm³/mol. The lowest BCUT2D eigenvalue weighted by Gasteiger charge is -2.40. The molecule has 0 saturated carbocycles. The summed E-state index contributed by atoms with van der Waals surface area (Å²) in [7, 11) is 2.11. The largest absolute Gasteiger partial charge is 0.303 e. The van der Waals surface area contributed by atoms with Gasteiger partial charge in [-0.15, -0.1) is 0 Å². The second-order valence-corrected chi connectivity index (χ2v) is 6.54. The molecule has 1 aromatic carbocycles. The van der Waals surface area contributed by atoms with E-state index in [2.05, 4.69) is 34.1 Å². The third kappa shape index (κ3) is 3.58. The highest BCUT2D eigenvalue weighted by molar-refractivity contribution is 6.41. The van der Waals surface area contributed by atoms with Crippen molar-refractivity contribution in [3.8, 4) is 0 Å². The lowest BCUT2D eigenvalue weighted by molar-refractivity contribution is 0.0572. The van der Waals surface area contributed by atoms with E-state index in [-0.39, 0.29) is 21.6 Å². The number of likely N-dealkylation sites (N-methyl/N-ethyl adjacent to an activating group) is 1. The Kier molecular flexibility index (Phi) is 5.02. The normalized spacial score (nSPS) is 19.9. The Balaban J connectivity index is 1.88. The van der Waals surface area contributed by atoms with Gasteiger partial charge in [0.25, 0.3) is 5.56 Å². The van der Waals surface area contributed by atoms with Crippen molar-refractivity contribution in [3.63, 3.8) is 0 Å². The summed E-state index contributed by atoms with van der Waals surface area (Å²) in [5.41, 5.74) is 0.872. The fourth-order valence-electron chi connectivity index (χ4n) is 2.84. The molecule has 2 heterocycles. The topological polar surface area (TPSA) is 41.4 Å². The highest BCUT2D eigenvalue weighted by atomic mass is 35.5. The lowest BCUT2D eigenvalue weighted by atomic mass is 10.0. The molecule has 0 radical (unpaired) electrons. The van der Waals surface area contributed by atoms with Crippen LogP contribution in [0.4, 0.5) is 0 Å². The Bertz CT molecular complexity index is 735. The Morgan fingerprint density at radius 3 is 2.70 bits per heavy atom. The van der Waals surface area contributed by atoms with Crippen molar-refractivity contribution in [2.45, 2.75) is 12.7 Å². The zero-order valence-corrected chi connectivity index (χ0v) is 14.3. The van der Waals surface area contributed by atoms with Crippen LogP contribution in [-0.4, -0.2) is 46.3 Å². The maximum absolute atomic E-state index is 12.2. The van der Waals surface area contributed by atoms with Crippen LogP contribution in [-0.2, 0) is 6.67 Å². The van der Waals surface area contributed by atoms with Crippen LogP contribution in [0.2, 0.25) is 10.0 Å². The first-order valence-corrected chi connectivity index (χ1v) is 8.20. The van der Waals surface area contributed by atoms with E-state index < -0.39 is 0 Å². The molecule has 122 valence electrons. The van der Waals surface area contributed by atoms with E-state index in [0.717, 1.165) is 19.6 Å². The van der Waals surface area contributed by atoms with E-state index in [4.69, 9.17) is 23.2 Å². The summed E-state index contributed by atoms with van der Waals surface area (Å²) in [4.78, 5) is 16.8. The predicted octanol–water partition coefficient (Wildman–Crippen LogP) is 2.50. The Morgan fingerprint density at radius 1 is 1.22 bits per heavy atom. The maximum Gasteiger partial charge on any atom is 0.288 e. The average Bonchev–Trinajstić information content (AvgIpc) is 2.57. The Morgan fingerprint density at radius 2 is 1.96 bits per heavy atom. The monoisotopic (exact) mass is 352 g/mol. The summed E-state index contributed by atoms with van der Waals surface area (Å²) in [6, 6.07) is 10.5. The van der Waals surface area contributed by atoms with E-state index >= 15 is 0 Å². The molecule has 1 aliphatic rings. The van der Waals surface area contributed by atoms with Gasteiger partial charge in [0.2, 0.25) is 0 Å². The van der Waals surface area contributed by atoms with Gasteiger partial charge in [0.15, 0.2) is 0 Å². The molecule has 0 N–H and O–H groups in total. The summed E-state index contributed by atoms with van der Waals surface area (Å²) < 4.78 is 1.37. The van der Waals surface area contributed by atoms with Gasteiger partial charge >= 0.3 is 0 Å². The molecule has 0 spiro atoms. The first kappa shape index (κ1) is 16.5. The standard InChI is InChI=1S/C16H18Cl2N4O/c1-20-7-8-21(14(10-20)12-5-3-2-4-6-12)11-22-16(23)15(18)13(17)9-19-22/h2-6,9,14H,7-8,10-11H2,1H3/t14-/m1/s1. The minimum atomic E-state index is -0.357. The van der Waals surface area contributed by atoms with Crippen LogP contribution < -0.4 is 5.56 Å². The second-order valence-electron chi connectivity index (χ2n) is 5.75. The van der Waals surface area contributed by atoms with Crippen molar-refractivity contribution in [2.24, 2.45) is 0 Å². The molecular formula is C16H18Cl2N4O. The van der Waals surface area contributed by atoms with E-state index in [1.54, 1.807) is 0 Å². The van der Waals surface area contributed by atoms with Gasteiger partial charge in [-0.2, -0.15) is 5.10 Å². The molecule has 3 rings (SSSR count). The Labute approximate surface area is 145 Å². The van der Waals surface area contributed by atoms with Crippen LogP contribution >= 0.6 is 23.2 Å². The summed E-state index contributed by atoms with van der Waals surface area (Å²) in [6.07, 6.45) is 1.42. The fraction of sp³-hybridized carbons (Fsp3) is 0.375. The molecule has 0 bridgehead atoms. The number of hydrogen-bond acceptors (Lipinski definition) is 4. The van der Waals surface area contributed by atoms with Gasteiger partial charge in [0.05, 0.1) is 17.9 Å². The first-order chi connectivity index (χ1) is 11.1. The molecule has 2 aromatic rings. The van der Waals surface area contributed by atoms with Crippen LogP contribution in [0.25, 0.3) is 0 Å².